The molecule has 1 radical (unpaired) electrons. The SMILES string of the molecule is [CH2]CC1CCCCN1CC. The lowest BCUT2D eigenvalue weighted by molar-refractivity contribution is 0.157. The number of hydrogen-bond acceptors (Lipinski definition) is 1. The molecule has 1 unspecified atom stereocenters. The van der Waals surface area contributed by atoms with Crippen molar-refractivity contribution >= 4 is 0 Å². The van der Waals surface area contributed by atoms with Crippen LogP contribution in [0.4, 0.5) is 0 Å². The average Bonchev–Trinajstić information content (AvgIpc) is 2.04. The molecule has 1 heterocycles. The molecule has 1 saturated heterocycles. The fourth-order valence-corrected chi connectivity index (χ4v) is 1.80. The van der Waals surface area contributed by atoms with Crippen LogP contribution in [-0.4, -0.2) is 24.0 Å². The van der Waals surface area contributed by atoms with E-state index in [1.54, 1.807) is 0 Å². The highest BCUT2D eigenvalue weighted by atomic mass is 15.1. The van der Waals surface area contributed by atoms with Crippen molar-refractivity contribution in [1.82, 2.24) is 4.90 Å². The van der Waals surface area contributed by atoms with Gasteiger partial charge in [0.2, 0.25) is 0 Å². The van der Waals surface area contributed by atoms with Gasteiger partial charge in [-0.15, -0.1) is 0 Å². The molecule has 0 saturated carbocycles. The van der Waals surface area contributed by atoms with Crippen LogP contribution in [0.15, 0.2) is 0 Å². The zero-order valence-corrected chi connectivity index (χ0v) is 6.97. The van der Waals surface area contributed by atoms with Gasteiger partial charge in [0.05, 0.1) is 0 Å². The van der Waals surface area contributed by atoms with Crippen LogP contribution in [0.1, 0.15) is 32.6 Å². The summed E-state index contributed by atoms with van der Waals surface area (Å²) < 4.78 is 0. The Morgan fingerprint density at radius 3 is 2.80 bits per heavy atom. The van der Waals surface area contributed by atoms with Gasteiger partial charge in [0.15, 0.2) is 0 Å². The molecule has 0 aromatic heterocycles. The Kier molecular flexibility index (Phi) is 3.20. The molecule has 0 aliphatic carbocycles. The van der Waals surface area contributed by atoms with Crippen LogP contribution in [0.3, 0.4) is 0 Å². The highest BCUT2D eigenvalue weighted by Gasteiger charge is 2.18. The Bertz CT molecular complexity index is 78.7. The van der Waals surface area contributed by atoms with Gasteiger partial charge in [-0.25, -0.2) is 0 Å². The van der Waals surface area contributed by atoms with E-state index in [1.165, 1.54) is 32.4 Å². The standard InChI is InChI=1S/C9H18N/c1-3-9-7-5-6-8-10(9)4-2/h9H,1,3-8H2,2H3. The van der Waals surface area contributed by atoms with Gasteiger partial charge in [0.1, 0.15) is 0 Å². The van der Waals surface area contributed by atoms with Crippen molar-refractivity contribution in [2.24, 2.45) is 0 Å². The minimum absolute atomic E-state index is 0.791. The Labute approximate surface area is 64.4 Å². The molecular weight excluding hydrogens is 122 g/mol. The molecule has 1 rings (SSSR count). The van der Waals surface area contributed by atoms with Gasteiger partial charge in [-0.1, -0.05) is 20.3 Å². The van der Waals surface area contributed by atoms with E-state index in [0.717, 1.165) is 12.5 Å². The lowest BCUT2D eigenvalue weighted by Gasteiger charge is -2.34. The Hall–Kier alpha value is -0.0400. The maximum Gasteiger partial charge on any atom is 0.00951 e. The molecule has 1 nitrogen and oxygen atoms in total. The smallest absolute Gasteiger partial charge is 0.00951 e. The first-order valence-electron chi connectivity index (χ1n) is 4.41. The Balaban J connectivity index is 2.34. The van der Waals surface area contributed by atoms with E-state index in [2.05, 4.69) is 18.7 Å². The average molecular weight is 140 g/mol. The first kappa shape index (κ1) is 8.06. The Morgan fingerprint density at radius 2 is 2.30 bits per heavy atom. The van der Waals surface area contributed by atoms with Gasteiger partial charge < -0.3 is 4.90 Å². The Morgan fingerprint density at radius 1 is 1.50 bits per heavy atom. The van der Waals surface area contributed by atoms with Crippen LogP contribution >= 0.6 is 0 Å². The summed E-state index contributed by atoms with van der Waals surface area (Å²) in [5.74, 6) is 0. The van der Waals surface area contributed by atoms with Crippen molar-refractivity contribution in [3.63, 3.8) is 0 Å². The summed E-state index contributed by atoms with van der Waals surface area (Å²) in [4.78, 5) is 2.55. The van der Waals surface area contributed by atoms with Gasteiger partial charge in [-0.3, -0.25) is 0 Å². The summed E-state index contributed by atoms with van der Waals surface area (Å²) in [5, 5.41) is 0. The van der Waals surface area contributed by atoms with Crippen LogP contribution in [0.2, 0.25) is 0 Å². The fourth-order valence-electron chi connectivity index (χ4n) is 1.80. The van der Waals surface area contributed by atoms with Crippen molar-refractivity contribution in [3.05, 3.63) is 6.92 Å². The summed E-state index contributed by atoms with van der Waals surface area (Å²) in [6, 6.07) is 0.791. The first-order chi connectivity index (χ1) is 4.88. The van der Waals surface area contributed by atoms with Crippen LogP contribution in [0.5, 0.6) is 0 Å². The van der Waals surface area contributed by atoms with Crippen molar-refractivity contribution in [1.29, 1.82) is 0 Å². The molecular formula is C9H18N. The summed E-state index contributed by atoms with van der Waals surface area (Å²) >= 11 is 0. The van der Waals surface area contributed by atoms with E-state index in [-0.39, 0.29) is 0 Å². The highest BCUT2D eigenvalue weighted by molar-refractivity contribution is 4.76. The third-order valence-electron chi connectivity index (χ3n) is 2.49. The van der Waals surface area contributed by atoms with E-state index < -0.39 is 0 Å². The number of likely N-dealkylation sites (tertiary alicyclic amines) is 1. The van der Waals surface area contributed by atoms with E-state index in [9.17, 15) is 0 Å². The number of rotatable bonds is 2. The predicted molar refractivity (Wildman–Crippen MR) is 44.9 cm³/mol. The molecule has 1 atom stereocenters. The second kappa shape index (κ2) is 3.97. The highest BCUT2D eigenvalue weighted by Crippen LogP contribution is 2.18. The molecule has 1 aliphatic heterocycles. The van der Waals surface area contributed by atoms with Gasteiger partial charge >= 0.3 is 0 Å². The van der Waals surface area contributed by atoms with Crippen LogP contribution in [0.25, 0.3) is 0 Å². The minimum Gasteiger partial charge on any atom is -0.301 e. The molecule has 1 heteroatoms. The van der Waals surface area contributed by atoms with Gasteiger partial charge in [0, 0.05) is 6.04 Å². The van der Waals surface area contributed by atoms with Gasteiger partial charge in [-0.2, -0.15) is 0 Å². The van der Waals surface area contributed by atoms with Gasteiger partial charge in [-0.05, 0) is 32.4 Å². The van der Waals surface area contributed by atoms with Crippen molar-refractivity contribution in [3.8, 4) is 0 Å². The minimum atomic E-state index is 0.791. The quantitative estimate of drug-likeness (QED) is 0.567. The number of piperidine rings is 1. The molecule has 1 aliphatic rings. The molecule has 0 bridgehead atoms. The second-order valence-electron chi connectivity index (χ2n) is 3.07. The number of hydrogen-bond donors (Lipinski definition) is 0. The van der Waals surface area contributed by atoms with E-state index >= 15 is 0 Å². The maximum absolute atomic E-state index is 3.97. The lowest BCUT2D eigenvalue weighted by Crippen LogP contribution is -2.38. The maximum atomic E-state index is 3.97. The summed E-state index contributed by atoms with van der Waals surface area (Å²) in [5.41, 5.74) is 0. The van der Waals surface area contributed by atoms with Gasteiger partial charge in [0.25, 0.3) is 0 Å². The monoisotopic (exact) mass is 140 g/mol. The second-order valence-corrected chi connectivity index (χ2v) is 3.07. The largest absolute Gasteiger partial charge is 0.301 e. The summed E-state index contributed by atoms with van der Waals surface area (Å²) in [7, 11) is 0. The molecule has 0 N–H and O–H groups in total. The molecule has 0 aromatic rings. The molecule has 0 spiro atoms. The van der Waals surface area contributed by atoms with Crippen LogP contribution in [-0.2, 0) is 0 Å². The zero-order chi connectivity index (χ0) is 7.40. The van der Waals surface area contributed by atoms with Crippen LogP contribution in [0, 0.1) is 6.92 Å². The van der Waals surface area contributed by atoms with E-state index in [4.69, 9.17) is 0 Å². The molecule has 0 aromatic carbocycles. The van der Waals surface area contributed by atoms with Crippen molar-refractivity contribution < 1.29 is 0 Å². The summed E-state index contributed by atoms with van der Waals surface area (Å²) in [6.45, 7) is 8.72. The molecule has 59 valence electrons. The third-order valence-corrected chi connectivity index (χ3v) is 2.49. The topological polar surface area (TPSA) is 3.24 Å². The molecule has 0 amide bonds. The van der Waals surface area contributed by atoms with Crippen molar-refractivity contribution in [2.75, 3.05) is 13.1 Å². The predicted octanol–water partition coefficient (Wildman–Crippen LogP) is 2.08. The zero-order valence-electron chi connectivity index (χ0n) is 6.97. The summed E-state index contributed by atoms with van der Waals surface area (Å²) in [6.07, 6.45) is 5.27. The van der Waals surface area contributed by atoms with Crippen molar-refractivity contribution in [2.45, 2.75) is 38.6 Å². The van der Waals surface area contributed by atoms with E-state index in [1.807, 2.05) is 0 Å². The third kappa shape index (κ3) is 1.72. The van der Waals surface area contributed by atoms with E-state index in [0.29, 0.717) is 0 Å². The number of nitrogens with zero attached hydrogens (tertiary/aromatic N) is 1. The lowest BCUT2D eigenvalue weighted by atomic mass is 10.0. The first-order valence-corrected chi connectivity index (χ1v) is 4.41. The molecule has 1 fully saturated rings. The molecule has 10 heavy (non-hydrogen) atoms. The fraction of sp³-hybridized carbons (Fsp3) is 0.889. The van der Waals surface area contributed by atoms with Crippen LogP contribution < -0.4 is 0 Å². The normalized spacial score (nSPS) is 28.8.